The van der Waals surface area contributed by atoms with Crippen LogP contribution in [0.1, 0.15) is 6.42 Å². The van der Waals surface area contributed by atoms with Crippen molar-refractivity contribution in [1.29, 1.82) is 0 Å². The van der Waals surface area contributed by atoms with Crippen LogP contribution in [0.25, 0.3) is 0 Å². The van der Waals surface area contributed by atoms with Gasteiger partial charge in [-0.2, -0.15) is 13.2 Å². The first-order valence-electron chi connectivity index (χ1n) is 3.95. The lowest BCUT2D eigenvalue weighted by Crippen LogP contribution is -2.22. The summed E-state index contributed by atoms with van der Waals surface area (Å²) in [5, 5.41) is 8.63. The lowest BCUT2D eigenvalue weighted by Gasteiger charge is -2.12. The molecule has 80 valence electrons. The van der Waals surface area contributed by atoms with Crippen LogP contribution in [0.2, 0.25) is 0 Å². The van der Waals surface area contributed by atoms with Crippen LogP contribution >= 0.6 is 0 Å². The van der Waals surface area contributed by atoms with E-state index in [1.165, 1.54) is 0 Å². The zero-order chi connectivity index (χ0) is 10.3. The van der Waals surface area contributed by atoms with E-state index in [4.69, 9.17) is 10.8 Å². The minimum atomic E-state index is -4.28. The summed E-state index contributed by atoms with van der Waals surface area (Å²) in [5.74, 6) is -0.173. The lowest BCUT2D eigenvalue weighted by atomic mass is 10.1. The third-order valence-corrected chi connectivity index (χ3v) is 1.53. The maximum Gasteiger partial charge on any atom is 0.411 e. The average Bonchev–Trinajstić information content (AvgIpc) is 2.03. The second-order valence-electron chi connectivity index (χ2n) is 2.74. The molecule has 0 bridgehead atoms. The van der Waals surface area contributed by atoms with Gasteiger partial charge in [0.15, 0.2) is 0 Å². The van der Waals surface area contributed by atoms with Crippen LogP contribution in [0.4, 0.5) is 13.2 Å². The highest BCUT2D eigenvalue weighted by molar-refractivity contribution is 4.57. The van der Waals surface area contributed by atoms with Gasteiger partial charge >= 0.3 is 6.18 Å². The van der Waals surface area contributed by atoms with Crippen molar-refractivity contribution in [2.75, 3.05) is 26.4 Å². The van der Waals surface area contributed by atoms with Gasteiger partial charge in [-0.3, -0.25) is 0 Å². The van der Waals surface area contributed by atoms with E-state index < -0.39 is 12.8 Å². The zero-order valence-corrected chi connectivity index (χ0v) is 7.18. The molecule has 1 unspecified atom stereocenters. The van der Waals surface area contributed by atoms with Crippen LogP contribution in [0.3, 0.4) is 0 Å². The van der Waals surface area contributed by atoms with Crippen molar-refractivity contribution in [3.63, 3.8) is 0 Å². The number of alkyl halides is 3. The summed E-state index contributed by atoms with van der Waals surface area (Å²) in [6.45, 7) is -1.13. The van der Waals surface area contributed by atoms with Gasteiger partial charge in [0, 0.05) is 13.2 Å². The van der Waals surface area contributed by atoms with Gasteiger partial charge in [0.1, 0.15) is 6.61 Å². The zero-order valence-electron chi connectivity index (χ0n) is 7.18. The number of hydrogen-bond acceptors (Lipinski definition) is 3. The van der Waals surface area contributed by atoms with Crippen LogP contribution in [-0.2, 0) is 4.74 Å². The highest BCUT2D eigenvalue weighted by Crippen LogP contribution is 2.14. The van der Waals surface area contributed by atoms with E-state index in [2.05, 4.69) is 4.74 Å². The predicted octanol–water partition coefficient (Wildman–Crippen LogP) is 0.523. The minimum absolute atomic E-state index is 0.0259. The van der Waals surface area contributed by atoms with Gasteiger partial charge in [-0.05, 0) is 18.9 Å². The largest absolute Gasteiger partial charge is 0.411 e. The van der Waals surface area contributed by atoms with E-state index >= 15 is 0 Å². The molecule has 0 radical (unpaired) electrons. The monoisotopic (exact) mass is 201 g/mol. The fourth-order valence-corrected chi connectivity index (χ4v) is 0.722. The quantitative estimate of drug-likeness (QED) is 0.616. The normalized spacial score (nSPS) is 14.5. The average molecular weight is 201 g/mol. The summed E-state index contributed by atoms with van der Waals surface area (Å²) in [5.41, 5.74) is 5.21. The molecule has 0 aromatic heterocycles. The first-order valence-corrected chi connectivity index (χ1v) is 3.95. The number of aliphatic hydroxyl groups excluding tert-OH is 1. The van der Waals surface area contributed by atoms with Gasteiger partial charge in [0.25, 0.3) is 0 Å². The Morgan fingerprint density at radius 3 is 2.38 bits per heavy atom. The van der Waals surface area contributed by atoms with Crippen molar-refractivity contribution in [1.82, 2.24) is 0 Å². The van der Waals surface area contributed by atoms with Crippen LogP contribution in [0.15, 0.2) is 0 Å². The van der Waals surface area contributed by atoms with Gasteiger partial charge < -0.3 is 15.6 Å². The minimum Gasteiger partial charge on any atom is -0.396 e. The second-order valence-corrected chi connectivity index (χ2v) is 2.74. The Kier molecular flexibility index (Phi) is 6.02. The first-order chi connectivity index (χ1) is 5.99. The Morgan fingerprint density at radius 2 is 2.00 bits per heavy atom. The van der Waals surface area contributed by atoms with Gasteiger partial charge in [-0.1, -0.05) is 0 Å². The van der Waals surface area contributed by atoms with Crippen molar-refractivity contribution < 1.29 is 23.0 Å². The van der Waals surface area contributed by atoms with Crippen molar-refractivity contribution in [2.24, 2.45) is 11.7 Å². The molecule has 0 aromatic carbocycles. The Labute approximate surface area is 74.7 Å². The molecular formula is C7H14F3NO2. The molecule has 3 N–H and O–H groups in total. The number of nitrogens with two attached hydrogens (primary N) is 1. The summed E-state index contributed by atoms with van der Waals surface area (Å²) >= 11 is 0. The van der Waals surface area contributed by atoms with E-state index in [9.17, 15) is 13.2 Å². The molecule has 0 rings (SSSR count). The molecule has 0 spiro atoms. The number of aliphatic hydroxyl groups is 1. The number of halogens is 3. The Bertz CT molecular complexity index is 125. The molecule has 1 atom stereocenters. The van der Waals surface area contributed by atoms with Crippen LogP contribution in [-0.4, -0.2) is 37.6 Å². The highest BCUT2D eigenvalue weighted by Gasteiger charge is 2.27. The predicted molar refractivity (Wildman–Crippen MR) is 41.1 cm³/mol. The molecule has 0 fully saturated rings. The molecule has 13 heavy (non-hydrogen) atoms. The van der Waals surface area contributed by atoms with E-state index in [1.807, 2.05) is 0 Å². The number of rotatable bonds is 6. The molecule has 0 heterocycles. The molecule has 0 aliphatic carbocycles. The number of hydrogen-bond donors (Lipinski definition) is 2. The van der Waals surface area contributed by atoms with Crippen LogP contribution in [0.5, 0.6) is 0 Å². The Morgan fingerprint density at radius 1 is 1.38 bits per heavy atom. The Hall–Kier alpha value is -0.330. The van der Waals surface area contributed by atoms with Gasteiger partial charge in [0.05, 0.1) is 0 Å². The Balaban J connectivity index is 3.34. The molecule has 0 aromatic rings. The van der Waals surface area contributed by atoms with Crippen molar-refractivity contribution >= 4 is 0 Å². The second kappa shape index (κ2) is 6.17. The van der Waals surface area contributed by atoms with Gasteiger partial charge in [0.2, 0.25) is 0 Å². The van der Waals surface area contributed by atoms with Crippen molar-refractivity contribution in [3.05, 3.63) is 0 Å². The molecular weight excluding hydrogens is 187 g/mol. The topological polar surface area (TPSA) is 55.5 Å². The molecule has 0 aliphatic rings. The molecule has 3 nitrogen and oxygen atoms in total. The van der Waals surface area contributed by atoms with Gasteiger partial charge in [-0.15, -0.1) is 0 Å². The molecule has 0 saturated carbocycles. The molecule has 0 saturated heterocycles. The standard InChI is InChI=1S/C7H14F3NO2/c8-7(9,10)5-13-2-1-6(3-11)4-12/h6,12H,1-5,11H2. The first kappa shape index (κ1) is 12.7. The van der Waals surface area contributed by atoms with Crippen LogP contribution < -0.4 is 5.73 Å². The fraction of sp³-hybridized carbons (Fsp3) is 1.00. The third-order valence-electron chi connectivity index (χ3n) is 1.53. The summed E-state index contributed by atoms with van der Waals surface area (Å²) in [6, 6.07) is 0. The molecule has 0 amide bonds. The maximum atomic E-state index is 11.5. The molecule has 0 aliphatic heterocycles. The highest BCUT2D eigenvalue weighted by atomic mass is 19.4. The smallest absolute Gasteiger partial charge is 0.396 e. The summed E-state index contributed by atoms with van der Waals surface area (Å²) in [6.07, 6.45) is -3.93. The van der Waals surface area contributed by atoms with E-state index in [-0.39, 0.29) is 25.7 Å². The van der Waals surface area contributed by atoms with E-state index in [0.717, 1.165) is 0 Å². The van der Waals surface area contributed by atoms with Crippen molar-refractivity contribution in [3.8, 4) is 0 Å². The van der Waals surface area contributed by atoms with Gasteiger partial charge in [-0.25, -0.2) is 0 Å². The SMILES string of the molecule is NCC(CO)CCOCC(F)(F)F. The van der Waals surface area contributed by atoms with Crippen molar-refractivity contribution in [2.45, 2.75) is 12.6 Å². The summed E-state index contributed by atoms with van der Waals surface area (Å²) < 4.78 is 39.0. The van der Waals surface area contributed by atoms with E-state index in [0.29, 0.717) is 6.42 Å². The third kappa shape index (κ3) is 8.01. The molecule has 6 heteroatoms. The number of ether oxygens (including phenoxy) is 1. The maximum absolute atomic E-state index is 11.5. The summed E-state index contributed by atoms with van der Waals surface area (Å²) in [7, 11) is 0. The van der Waals surface area contributed by atoms with E-state index in [1.54, 1.807) is 0 Å². The fourth-order valence-electron chi connectivity index (χ4n) is 0.722. The summed E-state index contributed by atoms with van der Waals surface area (Å²) in [4.78, 5) is 0. The lowest BCUT2D eigenvalue weighted by molar-refractivity contribution is -0.174. The van der Waals surface area contributed by atoms with Crippen LogP contribution in [0, 0.1) is 5.92 Å².